The molecule has 0 spiro atoms. The summed E-state index contributed by atoms with van der Waals surface area (Å²) in [5, 5.41) is 12.8. The largest absolute Gasteiger partial charge is 0.350 e. The molecule has 4 aliphatic carbocycles. The van der Waals surface area contributed by atoms with E-state index in [0.29, 0.717) is 6.54 Å². The summed E-state index contributed by atoms with van der Waals surface area (Å²) in [6.45, 7) is 6.44. The Balaban J connectivity index is 1.30. The smallest absolute Gasteiger partial charge is 0.233 e. The van der Waals surface area contributed by atoms with Crippen molar-refractivity contribution in [2.75, 3.05) is 0 Å². The Morgan fingerprint density at radius 1 is 1.23 bits per heavy atom. The highest BCUT2D eigenvalue weighted by Gasteiger charge is 2.51. The Kier molecular flexibility index (Phi) is 5.17. The molecule has 0 aliphatic heterocycles. The van der Waals surface area contributed by atoms with E-state index in [0.717, 1.165) is 34.3 Å². The van der Waals surface area contributed by atoms with Gasteiger partial charge in [-0.15, -0.1) is 16.8 Å². The molecule has 158 valence electrons. The molecule has 4 bridgehead atoms. The maximum absolute atomic E-state index is 13.2. The highest BCUT2D eigenvalue weighted by Crippen LogP contribution is 2.55. The van der Waals surface area contributed by atoms with E-state index in [1.165, 1.54) is 50.3 Å². The summed E-state index contributed by atoms with van der Waals surface area (Å²) in [5.41, 5.74) is 0.995. The van der Waals surface area contributed by atoms with Crippen molar-refractivity contribution in [1.82, 2.24) is 25.1 Å². The standard InChI is InChI=1S/C23H29N5OS/c1-3-8-28-20(19-4-6-24-7-5-19)26-27-22(28)30-15(2)21(29)25-23-12-16-9-17(13-23)11-18(10-16)14-23/h3-7,15-18H,1,8-14H2,2H3,(H,25,29). The number of nitrogens with zero attached hydrogens (tertiary/aromatic N) is 4. The van der Waals surface area contributed by atoms with Crippen LogP contribution in [0.4, 0.5) is 0 Å². The van der Waals surface area contributed by atoms with Gasteiger partial charge in [-0.05, 0) is 75.3 Å². The van der Waals surface area contributed by atoms with Gasteiger partial charge in [-0.1, -0.05) is 17.8 Å². The molecular formula is C23H29N5OS. The van der Waals surface area contributed by atoms with Crippen molar-refractivity contribution in [3.8, 4) is 11.4 Å². The number of nitrogens with one attached hydrogen (secondary N) is 1. The molecule has 2 heterocycles. The quantitative estimate of drug-likeness (QED) is 0.536. The number of allylic oxidation sites excluding steroid dienone is 1. The second-order valence-electron chi connectivity index (χ2n) is 9.39. The Morgan fingerprint density at radius 3 is 2.47 bits per heavy atom. The first kappa shape index (κ1) is 19.8. The Labute approximate surface area is 182 Å². The molecule has 6 nitrogen and oxygen atoms in total. The molecule has 4 saturated carbocycles. The van der Waals surface area contributed by atoms with Crippen molar-refractivity contribution >= 4 is 17.7 Å². The number of aromatic nitrogens is 4. The zero-order valence-electron chi connectivity index (χ0n) is 17.5. The van der Waals surface area contributed by atoms with Gasteiger partial charge in [0.25, 0.3) is 0 Å². The van der Waals surface area contributed by atoms with Gasteiger partial charge in [-0.2, -0.15) is 0 Å². The minimum Gasteiger partial charge on any atom is -0.350 e. The number of hydrogen-bond donors (Lipinski definition) is 1. The number of hydrogen-bond acceptors (Lipinski definition) is 5. The van der Waals surface area contributed by atoms with E-state index in [1.807, 2.05) is 29.7 Å². The lowest BCUT2D eigenvalue weighted by atomic mass is 9.53. The van der Waals surface area contributed by atoms with Crippen molar-refractivity contribution in [3.63, 3.8) is 0 Å². The fraction of sp³-hybridized carbons (Fsp3) is 0.565. The lowest BCUT2D eigenvalue weighted by Crippen LogP contribution is -2.60. The normalized spacial score (nSPS) is 30.2. The van der Waals surface area contributed by atoms with Gasteiger partial charge in [0.1, 0.15) is 0 Å². The molecular weight excluding hydrogens is 394 g/mol. The van der Waals surface area contributed by atoms with E-state index >= 15 is 0 Å². The van der Waals surface area contributed by atoms with Gasteiger partial charge < -0.3 is 5.32 Å². The predicted molar refractivity (Wildman–Crippen MR) is 118 cm³/mol. The second kappa shape index (κ2) is 7.84. The van der Waals surface area contributed by atoms with Gasteiger partial charge in [0.2, 0.25) is 5.91 Å². The van der Waals surface area contributed by atoms with Crippen LogP contribution in [0.1, 0.15) is 45.4 Å². The van der Waals surface area contributed by atoms with Crippen LogP contribution in [0.15, 0.2) is 42.3 Å². The van der Waals surface area contributed by atoms with Crippen LogP contribution in [0.3, 0.4) is 0 Å². The molecule has 1 atom stereocenters. The summed E-state index contributed by atoms with van der Waals surface area (Å²) in [7, 11) is 0. The summed E-state index contributed by atoms with van der Waals surface area (Å²) in [5.74, 6) is 3.35. The maximum atomic E-state index is 13.2. The highest BCUT2D eigenvalue weighted by atomic mass is 32.2. The van der Waals surface area contributed by atoms with E-state index < -0.39 is 0 Å². The van der Waals surface area contributed by atoms with Crippen molar-refractivity contribution in [2.24, 2.45) is 17.8 Å². The Hall–Kier alpha value is -2.15. The van der Waals surface area contributed by atoms with Crippen LogP contribution in [0.2, 0.25) is 0 Å². The number of rotatable bonds is 7. The summed E-state index contributed by atoms with van der Waals surface area (Å²) >= 11 is 1.48. The number of thioether (sulfide) groups is 1. The molecule has 2 aromatic rings. The van der Waals surface area contributed by atoms with E-state index in [4.69, 9.17) is 0 Å². The van der Waals surface area contributed by atoms with Crippen LogP contribution in [-0.4, -0.2) is 36.4 Å². The maximum Gasteiger partial charge on any atom is 0.233 e. The van der Waals surface area contributed by atoms with Crippen LogP contribution in [-0.2, 0) is 11.3 Å². The molecule has 1 unspecified atom stereocenters. The topological polar surface area (TPSA) is 72.7 Å². The van der Waals surface area contributed by atoms with Gasteiger partial charge >= 0.3 is 0 Å². The van der Waals surface area contributed by atoms with Gasteiger partial charge in [0, 0.05) is 30.0 Å². The Morgan fingerprint density at radius 2 is 1.87 bits per heavy atom. The van der Waals surface area contributed by atoms with E-state index in [1.54, 1.807) is 12.4 Å². The van der Waals surface area contributed by atoms with Crippen LogP contribution in [0.25, 0.3) is 11.4 Å². The molecule has 1 N–H and O–H groups in total. The number of carbonyl (C=O) groups excluding carboxylic acids is 1. The third kappa shape index (κ3) is 3.68. The number of pyridine rings is 1. The van der Waals surface area contributed by atoms with Crippen molar-refractivity contribution in [2.45, 2.75) is 67.9 Å². The lowest BCUT2D eigenvalue weighted by Gasteiger charge is -2.57. The van der Waals surface area contributed by atoms with Gasteiger partial charge in [0.05, 0.1) is 5.25 Å². The van der Waals surface area contributed by atoms with Crippen molar-refractivity contribution < 1.29 is 4.79 Å². The fourth-order valence-electron chi connectivity index (χ4n) is 6.22. The van der Waals surface area contributed by atoms with E-state index in [-0.39, 0.29) is 16.7 Å². The molecule has 1 amide bonds. The van der Waals surface area contributed by atoms with Crippen LogP contribution >= 0.6 is 11.8 Å². The van der Waals surface area contributed by atoms with Crippen molar-refractivity contribution in [1.29, 1.82) is 0 Å². The molecule has 0 radical (unpaired) electrons. The van der Waals surface area contributed by atoms with Gasteiger partial charge in [-0.25, -0.2) is 0 Å². The summed E-state index contributed by atoms with van der Waals surface area (Å²) in [4.78, 5) is 17.2. The first-order chi connectivity index (χ1) is 14.5. The van der Waals surface area contributed by atoms with Crippen LogP contribution in [0, 0.1) is 17.8 Å². The number of amides is 1. The van der Waals surface area contributed by atoms with E-state index in [2.05, 4.69) is 27.1 Å². The summed E-state index contributed by atoms with van der Waals surface area (Å²) in [6.07, 6.45) is 13.0. The fourth-order valence-corrected chi connectivity index (χ4v) is 7.08. The predicted octanol–water partition coefficient (Wildman–Crippen LogP) is 4.09. The zero-order valence-corrected chi connectivity index (χ0v) is 18.3. The third-order valence-electron chi connectivity index (χ3n) is 7.05. The molecule has 30 heavy (non-hydrogen) atoms. The average molecular weight is 424 g/mol. The molecule has 0 aromatic carbocycles. The molecule has 7 heteroatoms. The average Bonchev–Trinajstić information content (AvgIpc) is 3.10. The summed E-state index contributed by atoms with van der Waals surface area (Å²) < 4.78 is 2.02. The van der Waals surface area contributed by atoms with Gasteiger partial charge in [0.15, 0.2) is 11.0 Å². The molecule has 2 aromatic heterocycles. The molecule has 6 rings (SSSR count). The summed E-state index contributed by atoms with van der Waals surface area (Å²) in [6, 6.07) is 3.84. The van der Waals surface area contributed by atoms with E-state index in [9.17, 15) is 4.79 Å². The minimum atomic E-state index is -0.226. The van der Waals surface area contributed by atoms with Crippen LogP contribution in [0.5, 0.6) is 0 Å². The first-order valence-electron chi connectivity index (χ1n) is 11.0. The molecule has 4 aliphatic rings. The van der Waals surface area contributed by atoms with Crippen LogP contribution < -0.4 is 5.32 Å². The third-order valence-corrected chi connectivity index (χ3v) is 8.13. The van der Waals surface area contributed by atoms with Gasteiger partial charge in [-0.3, -0.25) is 14.3 Å². The first-order valence-corrected chi connectivity index (χ1v) is 11.9. The second-order valence-corrected chi connectivity index (χ2v) is 10.7. The molecule has 0 saturated heterocycles. The minimum absolute atomic E-state index is 0.0393. The SMILES string of the molecule is C=CCn1c(SC(C)C(=O)NC23CC4CC(CC(C4)C2)C3)nnc1-c1ccncc1. The number of carbonyl (C=O) groups is 1. The Bertz CT molecular complexity index is 905. The monoisotopic (exact) mass is 423 g/mol. The lowest BCUT2D eigenvalue weighted by molar-refractivity contribution is -0.126. The highest BCUT2D eigenvalue weighted by molar-refractivity contribution is 8.00. The van der Waals surface area contributed by atoms with Crippen molar-refractivity contribution in [3.05, 3.63) is 37.2 Å². The molecule has 4 fully saturated rings. The zero-order chi connectivity index (χ0) is 20.7.